The quantitative estimate of drug-likeness (QED) is 0.825. The van der Waals surface area contributed by atoms with Gasteiger partial charge in [0.25, 0.3) is 0 Å². The van der Waals surface area contributed by atoms with Crippen LogP contribution in [0.15, 0.2) is 27.4 Å². The van der Waals surface area contributed by atoms with Crippen molar-refractivity contribution in [2.45, 2.75) is 25.3 Å². The molecule has 3 rings (SSSR count). The minimum Gasteiger partial charge on any atom is -0.414 e. The highest BCUT2D eigenvalue weighted by Crippen LogP contribution is 2.35. The van der Waals surface area contributed by atoms with Crippen LogP contribution in [-0.2, 0) is 5.54 Å². The van der Waals surface area contributed by atoms with Crippen molar-refractivity contribution in [1.82, 2.24) is 5.32 Å². The summed E-state index contributed by atoms with van der Waals surface area (Å²) in [6, 6.07) is 5.98. The van der Waals surface area contributed by atoms with Crippen LogP contribution in [0.2, 0.25) is 0 Å². The Morgan fingerprint density at radius 3 is 3.12 bits per heavy atom. The lowest BCUT2D eigenvalue weighted by Gasteiger charge is -2.24. The molecule has 2 heterocycles. The summed E-state index contributed by atoms with van der Waals surface area (Å²) in [5.41, 5.74) is 1.83. The van der Waals surface area contributed by atoms with Gasteiger partial charge in [0.05, 0.1) is 4.70 Å². The monoisotopic (exact) mass is 235 g/mol. The third kappa shape index (κ3) is 1.41. The number of fused-ring (bicyclic) bond motifs is 1. The second-order valence-electron chi connectivity index (χ2n) is 4.45. The second-order valence-corrected chi connectivity index (χ2v) is 5.43. The molecule has 4 heteroatoms. The standard InChI is InChI=1S/C12H13NO2S/c1-12(6-3-7-13-12)8-4-2-5-9-10(8)15-11(14)16-9/h2,4-5,13H,3,6-7H2,1H3. The Balaban J connectivity index is 2.26. The molecule has 0 saturated carbocycles. The molecule has 3 nitrogen and oxygen atoms in total. The van der Waals surface area contributed by atoms with Crippen LogP contribution in [0, 0.1) is 0 Å². The molecular weight excluding hydrogens is 222 g/mol. The molecule has 1 saturated heterocycles. The van der Waals surface area contributed by atoms with Crippen LogP contribution in [-0.4, -0.2) is 6.54 Å². The average molecular weight is 235 g/mol. The van der Waals surface area contributed by atoms with Crippen molar-refractivity contribution >= 4 is 21.6 Å². The first kappa shape index (κ1) is 10.1. The van der Waals surface area contributed by atoms with Gasteiger partial charge >= 0.3 is 4.94 Å². The SMILES string of the molecule is CC1(c2cccc3sc(=O)oc23)CCCN1. The van der Waals surface area contributed by atoms with E-state index in [4.69, 9.17) is 4.42 Å². The van der Waals surface area contributed by atoms with E-state index in [1.165, 1.54) is 17.8 Å². The molecule has 1 unspecified atom stereocenters. The number of nitrogens with one attached hydrogen (secondary N) is 1. The summed E-state index contributed by atoms with van der Waals surface area (Å²) in [4.78, 5) is 11.1. The highest BCUT2D eigenvalue weighted by Gasteiger charge is 2.32. The summed E-state index contributed by atoms with van der Waals surface area (Å²) >= 11 is 1.17. The third-order valence-corrected chi connectivity index (χ3v) is 4.11. The van der Waals surface area contributed by atoms with Gasteiger partial charge in [-0.25, -0.2) is 4.79 Å². The van der Waals surface area contributed by atoms with Crippen molar-refractivity contribution in [2.24, 2.45) is 0 Å². The number of para-hydroxylation sites is 1. The molecule has 1 fully saturated rings. The largest absolute Gasteiger partial charge is 0.414 e. The average Bonchev–Trinajstić information content (AvgIpc) is 2.83. The lowest BCUT2D eigenvalue weighted by atomic mass is 9.90. The first-order valence-corrected chi connectivity index (χ1v) is 6.29. The zero-order valence-electron chi connectivity index (χ0n) is 9.08. The van der Waals surface area contributed by atoms with E-state index in [0.717, 1.165) is 28.8 Å². The van der Waals surface area contributed by atoms with Crippen LogP contribution in [0.5, 0.6) is 0 Å². The van der Waals surface area contributed by atoms with E-state index in [9.17, 15) is 4.79 Å². The summed E-state index contributed by atoms with van der Waals surface area (Å²) in [5, 5.41) is 3.49. The van der Waals surface area contributed by atoms with E-state index < -0.39 is 0 Å². The van der Waals surface area contributed by atoms with Crippen LogP contribution in [0.3, 0.4) is 0 Å². The zero-order chi connectivity index (χ0) is 11.2. The van der Waals surface area contributed by atoms with Gasteiger partial charge in [0.15, 0.2) is 5.58 Å². The molecule has 1 aromatic heterocycles. The first-order chi connectivity index (χ1) is 7.69. The Hall–Kier alpha value is -1.13. The minimum atomic E-state index is -0.218. The number of hydrogen-bond donors (Lipinski definition) is 1. The number of benzene rings is 1. The van der Waals surface area contributed by atoms with Crippen LogP contribution < -0.4 is 10.3 Å². The molecule has 1 aliphatic rings. The maximum Gasteiger partial charge on any atom is 0.396 e. The smallest absolute Gasteiger partial charge is 0.396 e. The van der Waals surface area contributed by atoms with Crippen LogP contribution in [0.4, 0.5) is 0 Å². The van der Waals surface area contributed by atoms with Gasteiger partial charge in [-0.05, 0) is 32.4 Å². The molecule has 16 heavy (non-hydrogen) atoms. The van der Waals surface area contributed by atoms with Crippen molar-refractivity contribution in [3.63, 3.8) is 0 Å². The fourth-order valence-corrected chi connectivity index (χ4v) is 3.15. The van der Waals surface area contributed by atoms with Gasteiger partial charge < -0.3 is 9.73 Å². The fraction of sp³-hybridized carbons (Fsp3) is 0.417. The molecule has 1 N–H and O–H groups in total. The van der Waals surface area contributed by atoms with Gasteiger partial charge in [0.2, 0.25) is 0 Å². The van der Waals surface area contributed by atoms with Gasteiger partial charge in [-0.2, -0.15) is 0 Å². The van der Waals surface area contributed by atoms with E-state index in [-0.39, 0.29) is 10.5 Å². The third-order valence-electron chi connectivity index (χ3n) is 3.32. The summed E-state index contributed by atoms with van der Waals surface area (Å²) in [5.74, 6) is 0. The van der Waals surface area contributed by atoms with Gasteiger partial charge in [-0.3, -0.25) is 0 Å². The molecule has 1 aliphatic heterocycles. The van der Waals surface area contributed by atoms with Crippen LogP contribution >= 0.6 is 11.3 Å². The second kappa shape index (κ2) is 3.43. The Bertz CT molecular complexity index is 578. The van der Waals surface area contributed by atoms with E-state index in [2.05, 4.69) is 18.3 Å². The molecule has 84 valence electrons. The van der Waals surface area contributed by atoms with Crippen LogP contribution in [0.25, 0.3) is 10.3 Å². The summed E-state index contributed by atoms with van der Waals surface area (Å²) in [6.07, 6.45) is 2.26. The molecule has 0 aliphatic carbocycles. The Labute approximate surface area is 97.1 Å². The molecule has 2 aromatic rings. The highest BCUT2D eigenvalue weighted by atomic mass is 32.1. The predicted octanol–water partition coefficient (Wildman–Crippen LogP) is 2.45. The topological polar surface area (TPSA) is 42.2 Å². The van der Waals surface area contributed by atoms with Crippen molar-refractivity contribution in [3.05, 3.63) is 33.5 Å². The van der Waals surface area contributed by atoms with Gasteiger partial charge in [0, 0.05) is 11.1 Å². The molecule has 0 radical (unpaired) electrons. The molecule has 0 spiro atoms. The normalized spacial score (nSPS) is 25.3. The molecule has 0 bridgehead atoms. The minimum absolute atomic E-state index is 0.0451. The molecular formula is C12H13NO2S. The first-order valence-electron chi connectivity index (χ1n) is 5.47. The van der Waals surface area contributed by atoms with E-state index >= 15 is 0 Å². The maximum atomic E-state index is 11.3. The van der Waals surface area contributed by atoms with E-state index in [1.54, 1.807) is 0 Å². The van der Waals surface area contributed by atoms with Gasteiger partial charge in [0.1, 0.15) is 0 Å². The summed E-state index contributed by atoms with van der Waals surface area (Å²) in [7, 11) is 0. The molecule has 1 aromatic carbocycles. The number of hydrogen-bond acceptors (Lipinski definition) is 4. The van der Waals surface area contributed by atoms with E-state index in [0.29, 0.717) is 0 Å². The lowest BCUT2D eigenvalue weighted by molar-refractivity contribution is 0.429. The van der Waals surface area contributed by atoms with Crippen LogP contribution in [0.1, 0.15) is 25.3 Å². The van der Waals surface area contributed by atoms with Crippen molar-refractivity contribution in [3.8, 4) is 0 Å². The highest BCUT2D eigenvalue weighted by molar-refractivity contribution is 7.16. The number of rotatable bonds is 1. The zero-order valence-corrected chi connectivity index (χ0v) is 9.89. The molecule has 0 amide bonds. The fourth-order valence-electron chi connectivity index (χ4n) is 2.45. The predicted molar refractivity (Wildman–Crippen MR) is 64.9 cm³/mol. The van der Waals surface area contributed by atoms with Crippen molar-refractivity contribution < 1.29 is 4.42 Å². The van der Waals surface area contributed by atoms with Crippen molar-refractivity contribution in [2.75, 3.05) is 6.54 Å². The lowest BCUT2D eigenvalue weighted by Crippen LogP contribution is -2.33. The van der Waals surface area contributed by atoms with E-state index in [1.807, 2.05) is 12.1 Å². The Morgan fingerprint density at radius 1 is 1.50 bits per heavy atom. The molecule has 1 atom stereocenters. The Morgan fingerprint density at radius 2 is 2.38 bits per heavy atom. The summed E-state index contributed by atoms with van der Waals surface area (Å²) < 4.78 is 6.24. The van der Waals surface area contributed by atoms with Gasteiger partial charge in [-0.15, -0.1) is 0 Å². The Kier molecular flexibility index (Phi) is 2.16. The van der Waals surface area contributed by atoms with Gasteiger partial charge in [-0.1, -0.05) is 23.5 Å². The summed E-state index contributed by atoms with van der Waals surface area (Å²) in [6.45, 7) is 3.20. The maximum absolute atomic E-state index is 11.3. The van der Waals surface area contributed by atoms with Crippen molar-refractivity contribution in [1.29, 1.82) is 0 Å².